The van der Waals surface area contributed by atoms with Gasteiger partial charge in [-0.25, -0.2) is 4.79 Å². The molecule has 0 bridgehead atoms. The maximum absolute atomic E-state index is 12.3. The van der Waals surface area contributed by atoms with E-state index in [1.165, 1.54) is 11.3 Å². The number of carbonyl (C=O) groups is 1. The number of fused-ring (bicyclic) bond motifs is 1. The van der Waals surface area contributed by atoms with Gasteiger partial charge in [-0.1, -0.05) is 37.1 Å². The number of nitrogens with two attached hydrogens (primary N) is 1. The van der Waals surface area contributed by atoms with Gasteiger partial charge in [-0.15, -0.1) is 11.3 Å². The van der Waals surface area contributed by atoms with Gasteiger partial charge >= 0.3 is 5.97 Å². The lowest BCUT2D eigenvalue weighted by atomic mass is 9.71. The molecule has 2 aromatic rings. The quantitative estimate of drug-likeness (QED) is 0.398. The Balaban J connectivity index is 1.76. The predicted octanol–water partition coefficient (Wildman–Crippen LogP) is 3.36. The highest BCUT2D eigenvalue weighted by molar-refractivity contribution is 7.12. The zero-order chi connectivity index (χ0) is 17.3. The minimum absolute atomic E-state index is 0.165. The fourth-order valence-corrected chi connectivity index (χ4v) is 3.53. The van der Waals surface area contributed by atoms with E-state index in [0.717, 1.165) is 35.5 Å². The lowest BCUT2D eigenvalue weighted by molar-refractivity contribution is 0.0502. The van der Waals surface area contributed by atoms with Crippen LogP contribution in [0.3, 0.4) is 0 Å². The van der Waals surface area contributed by atoms with Crippen molar-refractivity contribution in [2.45, 2.75) is 40.0 Å². The van der Waals surface area contributed by atoms with Crippen LogP contribution in [0.1, 0.15) is 53.9 Å². The van der Waals surface area contributed by atoms with Gasteiger partial charge < -0.3 is 15.1 Å². The second-order valence-corrected chi connectivity index (χ2v) is 8.02. The van der Waals surface area contributed by atoms with E-state index in [2.05, 4.69) is 31.1 Å². The van der Waals surface area contributed by atoms with Crippen molar-refractivity contribution in [1.29, 1.82) is 0 Å². The number of hydrogen-bond donors (Lipinski definition) is 1. The number of rotatable bonds is 3. The lowest BCUT2D eigenvalue weighted by Crippen LogP contribution is -2.27. The molecule has 2 N–H and O–H groups in total. The summed E-state index contributed by atoms with van der Waals surface area (Å²) in [6.07, 6.45) is 2.58. The highest BCUT2D eigenvalue weighted by Gasteiger charge is 2.34. The van der Waals surface area contributed by atoms with Gasteiger partial charge in [-0.3, -0.25) is 0 Å². The van der Waals surface area contributed by atoms with Crippen LogP contribution >= 0.6 is 11.3 Å². The molecule has 1 aliphatic carbocycles. The largest absolute Gasteiger partial charge is 0.387 e. The Morgan fingerprint density at radius 1 is 1.50 bits per heavy atom. The van der Waals surface area contributed by atoms with E-state index < -0.39 is 5.97 Å². The van der Waals surface area contributed by atoms with E-state index in [9.17, 15) is 4.79 Å². The second kappa shape index (κ2) is 6.39. The van der Waals surface area contributed by atoms with Crippen LogP contribution in [0.2, 0.25) is 0 Å². The molecular formula is C17H21N3O3S. The minimum Gasteiger partial charge on any atom is -0.380 e. The first kappa shape index (κ1) is 16.7. The smallest absolute Gasteiger partial charge is 0.380 e. The molecule has 2 aromatic heterocycles. The van der Waals surface area contributed by atoms with Crippen LogP contribution in [0, 0.1) is 11.3 Å². The molecular weight excluding hydrogens is 326 g/mol. The van der Waals surface area contributed by atoms with Crippen molar-refractivity contribution in [3.05, 3.63) is 39.4 Å². The first-order valence-electron chi connectivity index (χ1n) is 7.92. The van der Waals surface area contributed by atoms with Crippen LogP contribution in [0.25, 0.3) is 0 Å². The Labute approximate surface area is 144 Å². The summed E-state index contributed by atoms with van der Waals surface area (Å²) in [7, 11) is 0. The molecule has 3 rings (SSSR count). The highest BCUT2D eigenvalue weighted by atomic mass is 32.1. The fourth-order valence-electron chi connectivity index (χ4n) is 2.91. The van der Waals surface area contributed by atoms with Gasteiger partial charge in [-0.2, -0.15) is 0 Å². The van der Waals surface area contributed by atoms with Crippen molar-refractivity contribution in [1.82, 2.24) is 5.16 Å². The summed E-state index contributed by atoms with van der Waals surface area (Å²) in [5.41, 5.74) is 7.02. The van der Waals surface area contributed by atoms with Gasteiger partial charge in [0.05, 0.1) is 4.88 Å². The number of carbonyl (C=O) groups excluding carboxylic acids is 1. The van der Waals surface area contributed by atoms with E-state index in [1.54, 1.807) is 0 Å². The minimum atomic E-state index is -0.630. The molecule has 7 heteroatoms. The highest BCUT2D eigenvalue weighted by Crippen LogP contribution is 2.38. The summed E-state index contributed by atoms with van der Waals surface area (Å²) < 4.78 is 5.32. The average molecular weight is 347 g/mol. The van der Waals surface area contributed by atoms with E-state index in [-0.39, 0.29) is 16.9 Å². The molecule has 0 saturated carbocycles. The van der Waals surface area contributed by atoms with E-state index in [0.29, 0.717) is 5.92 Å². The Morgan fingerprint density at radius 2 is 2.29 bits per heavy atom. The summed E-state index contributed by atoms with van der Waals surface area (Å²) in [5.74, 6) is 0.783. The Kier molecular flexibility index (Phi) is 4.45. The standard InChI is InChI=1S/C17H21N3O3S/c1-17(2,3)10-6-7-12-11(9-10)14(19-22-12)16(21)23-20-15(18)13-5-4-8-24-13/h4-5,8,10H,6-7,9H2,1-3H3,(H2,18,20). The van der Waals surface area contributed by atoms with Crippen LogP contribution in [0.5, 0.6) is 0 Å². The number of oxime groups is 1. The molecule has 6 nitrogen and oxygen atoms in total. The van der Waals surface area contributed by atoms with Crippen LogP contribution in [0.15, 0.2) is 27.2 Å². The first-order valence-corrected chi connectivity index (χ1v) is 8.80. The second-order valence-electron chi connectivity index (χ2n) is 7.07. The number of thiophene rings is 1. The molecule has 1 unspecified atom stereocenters. The van der Waals surface area contributed by atoms with Crippen LogP contribution in [-0.2, 0) is 17.7 Å². The Hall–Kier alpha value is -2.15. The van der Waals surface area contributed by atoms with Gasteiger partial charge in [0.1, 0.15) is 5.76 Å². The molecule has 1 aliphatic rings. The van der Waals surface area contributed by atoms with Crippen molar-refractivity contribution in [2.75, 3.05) is 0 Å². The Bertz CT molecular complexity index is 757. The summed E-state index contributed by atoms with van der Waals surface area (Å²) >= 11 is 1.42. The molecule has 0 radical (unpaired) electrons. The zero-order valence-corrected chi connectivity index (χ0v) is 14.9. The van der Waals surface area contributed by atoms with Gasteiger partial charge in [0, 0.05) is 12.0 Å². The molecule has 2 heterocycles. The normalized spacial score (nSPS) is 18.3. The number of aryl methyl sites for hydroxylation is 1. The molecule has 1 atom stereocenters. The molecule has 0 aromatic carbocycles. The molecule has 24 heavy (non-hydrogen) atoms. The van der Waals surface area contributed by atoms with Crippen molar-refractivity contribution in [2.24, 2.45) is 22.2 Å². The summed E-state index contributed by atoms with van der Waals surface area (Å²) in [4.78, 5) is 18.0. The van der Waals surface area contributed by atoms with Crippen LogP contribution in [0.4, 0.5) is 0 Å². The van der Waals surface area contributed by atoms with Crippen molar-refractivity contribution < 1.29 is 14.2 Å². The Morgan fingerprint density at radius 3 is 2.96 bits per heavy atom. The number of hydrogen-bond acceptors (Lipinski definition) is 6. The molecule has 0 amide bonds. The molecule has 0 fully saturated rings. The van der Waals surface area contributed by atoms with Gasteiger partial charge in [0.2, 0.25) is 0 Å². The van der Waals surface area contributed by atoms with Gasteiger partial charge in [0.15, 0.2) is 11.5 Å². The first-order chi connectivity index (χ1) is 11.4. The third-order valence-corrected chi connectivity index (χ3v) is 5.35. The number of amidine groups is 1. The fraction of sp³-hybridized carbons (Fsp3) is 0.471. The molecule has 0 saturated heterocycles. The molecule has 0 spiro atoms. The van der Waals surface area contributed by atoms with Crippen molar-refractivity contribution in [3.63, 3.8) is 0 Å². The average Bonchev–Trinajstić information content (AvgIpc) is 3.20. The maximum atomic E-state index is 12.3. The zero-order valence-electron chi connectivity index (χ0n) is 14.0. The third-order valence-electron chi connectivity index (χ3n) is 4.46. The van der Waals surface area contributed by atoms with Crippen LogP contribution < -0.4 is 5.73 Å². The lowest BCUT2D eigenvalue weighted by Gasteiger charge is -2.33. The molecule has 128 valence electrons. The van der Waals surface area contributed by atoms with Crippen molar-refractivity contribution >= 4 is 23.1 Å². The number of aromatic nitrogens is 1. The summed E-state index contributed by atoms with van der Waals surface area (Å²) in [6, 6.07) is 3.66. The SMILES string of the molecule is CC(C)(C)C1CCc2onc(C(=O)O/N=C(\N)c3cccs3)c2C1. The summed E-state index contributed by atoms with van der Waals surface area (Å²) in [5, 5.41) is 9.49. The van der Waals surface area contributed by atoms with E-state index >= 15 is 0 Å². The third kappa shape index (κ3) is 3.36. The van der Waals surface area contributed by atoms with Gasteiger partial charge in [0.25, 0.3) is 0 Å². The monoisotopic (exact) mass is 347 g/mol. The van der Waals surface area contributed by atoms with E-state index in [4.69, 9.17) is 15.1 Å². The molecule has 0 aliphatic heterocycles. The maximum Gasteiger partial charge on any atom is 0.387 e. The van der Waals surface area contributed by atoms with Crippen molar-refractivity contribution in [3.8, 4) is 0 Å². The summed E-state index contributed by atoms with van der Waals surface area (Å²) in [6.45, 7) is 6.63. The van der Waals surface area contributed by atoms with E-state index in [1.807, 2.05) is 17.5 Å². The van der Waals surface area contributed by atoms with Gasteiger partial charge in [-0.05, 0) is 35.6 Å². The van der Waals surface area contributed by atoms with Crippen LogP contribution in [-0.4, -0.2) is 17.0 Å². The predicted molar refractivity (Wildman–Crippen MR) is 91.9 cm³/mol. The topological polar surface area (TPSA) is 90.7 Å². The number of nitrogens with zero attached hydrogens (tertiary/aromatic N) is 2.